The van der Waals surface area contributed by atoms with Crippen LogP contribution in [-0.4, -0.2) is 20.4 Å². The van der Waals surface area contributed by atoms with Crippen molar-refractivity contribution < 1.29 is 29.4 Å². The van der Waals surface area contributed by atoms with E-state index >= 15 is 0 Å². The third-order valence-electron chi connectivity index (χ3n) is 4.47. The van der Waals surface area contributed by atoms with Crippen LogP contribution in [0.2, 0.25) is 13.1 Å². The Hall–Kier alpha value is -0.189. The molecule has 4 heteroatoms. The third kappa shape index (κ3) is 12.2. The summed E-state index contributed by atoms with van der Waals surface area (Å²) in [6.07, 6.45) is 6.84. The zero-order valence-electron chi connectivity index (χ0n) is 19.0. The summed E-state index contributed by atoms with van der Waals surface area (Å²) in [6.45, 7) is 21.9. The Labute approximate surface area is 175 Å². The molecule has 0 spiro atoms. The number of hydrogen-bond donors (Lipinski definition) is 0. The van der Waals surface area contributed by atoms with E-state index in [1.165, 1.54) is 33.4 Å². The van der Waals surface area contributed by atoms with Crippen molar-refractivity contribution in [2.45, 2.75) is 68.5 Å². The van der Waals surface area contributed by atoms with Gasteiger partial charge in [0.15, 0.2) is 0 Å². The first-order valence-electron chi connectivity index (χ1n) is 8.88. The molecule has 0 aromatic heterocycles. The van der Waals surface area contributed by atoms with Gasteiger partial charge in [0.05, 0.1) is 0 Å². The molecule has 0 fully saturated rings. The van der Waals surface area contributed by atoms with E-state index in [0.717, 1.165) is 14.2 Å². The zero-order valence-corrected chi connectivity index (χ0v) is 21.5. The van der Waals surface area contributed by atoms with Crippen LogP contribution in [0, 0.1) is 24.0 Å². The molecule has 0 radical (unpaired) electrons. The second kappa shape index (κ2) is 16.9. The third-order valence-corrected chi connectivity index (χ3v) is 4.47. The monoisotopic (exact) mass is 410 g/mol. The summed E-state index contributed by atoms with van der Waals surface area (Å²) in [4.78, 5) is 0. The summed E-state index contributed by atoms with van der Waals surface area (Å²) in [6, 6.07) is 0. The summed E-state index contributed by atoms with van der Waals surface area (Å²) in [7, 11) is 1.50. The Bertz CT molecular complexity index is 506. The average molecular weight is 410 g/mol. The topological polar surface area (TPSA) is 46.1 Å². The van der Waals surface area contributed by atoms with Crippen LogP contribution in [0.15, 0.2) is 33.4 Å². The van der Waals surface area contributed by atoms with Gasteiger partial charge in [0.2, 0.25) is 0 Å². The molecular weight excluding hydrogens is 372 g/mol. The second-order valence-corrected chi connectivity index (χ2v) is 13.3. The van der Waals surface area contributed by atoms with Gasteiger partial charge in [0, 0.05) is 0 Å². The Morgan fingerprint density at radius 2 is 0.885 bits per heavy atom. The SMILES string of the molecule is CC1=[C-]C(C)C(C)=C1C.CC1=[C-]C(C)C(C)=C1C.C[O-].C[O-].C[Si](C)=[Ti+2]. The van der Waals surface area contributed by atoms with E-state index in [9.17, 15) is 0 Å². The van der Waals surface area contributed by atoms with Crippen molar-refractivity contribution in [1.29, 1.82) is 0 Å². The molecule has 0 aliphatic heterocycles. The summed E-state index contributed by atoms with van der Waals surface area (Å²) >= 11 is 2.27. The molecule has 0 bridgehead atoms. The van der Waals surface area contributed by atoms with Gasteiger partial charge in [-0.2, -0.15) is 36.5 Å². The predicted molar refractivity (Wildman–Crippen MR) is 109 cm³/mol. The summed E-state index contributed by atoms with van der Waals surface area (Å²) in [5, 5.41) is 16.5. The van der Waals surface area contributed by atoms with Gasteiger partial charge in [-0.15, -0.1) is 13.8 Å². The van der Waals surface area contributed by atoms with Crippen molar-refractivity contribution in [3.63, 3.8) is 0 Å². The number of hydrogen-bond acceptors (Lipinski definition) is 2. The molecule has 0 heterocycles. The molecule has 2 unspecified atom stereocenters. The summed E-state index contributed by atoms with van der Waals surface area (Å²) in [5.74, 6) is 1.12. The number of allylic oxidation sites excluding steroid dienone is 8. The number of rotatable bonds is 0. The fourth-order valence-corrected chi connectivity index (χ4v) is 2.32. The minimum atomic E-state index is 0.120. The van der Waals surface area contributed by atoms with Crippen molar-refractivity contribution in [1.82, 2.24) is 0 Å². The van der Waals surface area contributed by atoms with Gasteiger partial charge >= 0.3 is 38.5 Å². The van der Waals surface area contributed by atoms with E-state index in [1.54, 1.807) is 0 Å². The molecule has 2 nitrogen and oxygen atoms in total. The van der Waals surface area contributed by atoms with E-state index in [1.807, 2.05) is 0 Å². The van der Waals surface area contributed by atoms with E-state index in [0.29, 0.717) is 11.8 Å². The van der Waals surface area contributed by atoms with Gasteiger partial charge in [-0.25, -0.2) is 11.1 Å². The van der Waals surface area contributed by atoms with Crippen LogP contribution in [-0.2, 0) is 19.2 Å². The van der Waals surface area contributed by atoms with Gasteiger partial charge in [-0.3, -0.25) is 12.2 Å². The fourth-order valence-electron chi connectivity index (χ4n) is 2.32. The van der Waals surface area contributed by atoms with Crippen LogP contribution < -0.4 is 10.2 Å². The molecule has 0 saturated heterocycles. The first-order chi connectivity index (χ1) is 12.0. The van der Waals surface area contributed by atoms with E-state index in [-0.39, 0.29) is 6.19 Å². The van der Waals surface area contributed by atoms with Gasteiger partial charge in [0.25, 0.3) is 0 Å². The van der Waals surface area contributed by atoms with Gasteiger partial charge in [-0.1, -0.05) is 53.4 Å². The van der Waals surface area contributed by atoms with E-state index < -0.39 is 0 Å². The predicted octanol–water partition coefficient (Wildman–Crippen LogP) is 4.18. The quantitative estimate of drug-likeness (QED) is 0.444. The molecule has 2 rings (SSSR count). The van der Waals surface area contributed by atoms with Crippen LogP contribution in [0.25, 0.3) is 0 Å². The normalized spacial score (nSPS) is 20.3. The van der Waals surface area contributed by atoms with Crippen molar-refractivity contribution in [2.24, 2.45) is 11.8 Å². The summed E-state index contributed by atoms with van der Waals surface area (Å²) in [5.41, 5.74) is 8.49. The minimum absolute atomic E-state index is 0.120. The molecule has 2 aliphatic rings. The Morgan fingerprint density at radius 1 is 0.692 bits per heavy atom. The standard InChI is InChI=1S/2C9H13.C2H6Si.2CH3O.Ti/c2*1-6-5-7(2)9(4)8(6)3;1-3-2;2*1-2;/h2*6H,1-4H3;1-2H3;2*1H3;/q2*-1;;2*-1;+2. The maximum absolute atomic E-state index is 8.25. The molecule has 0 N–H and O–H groups in total. The molecule has 0 aromatic carbocycles. The van der Waals surface area contributed by atoms with Gasteiger partial charge in [0.1, 0.15) is 0 Å². The van der Waals surface area contributed by atoms with Crippen LogP contribution in [0.3, 0.4) is 0 Å². The van der Waals surface area contributed by atoms with Crippen molar-refractivity contribution in [3.05, 3.63) is 45.6 Å². The van der Waals surface area contributed by atoms with Crippen LogP contribution in [0.4, 0.5) is 0 Å². The van der Waals surface area contributed by atoms with Crippen molar-refractivity contribution in [3.8, 4) is 0 Å². The maximum atomic E-state index is 8.25. The first-order valence-corrected chi connectivity index (χ1v) is 13.7. The Morgan fingerprint density at radius 3 is 0.923 bits per heavy atom. The summed E-state index contributed by atoms with van der Waals surface area (Å²) < 4.78 is 0. The second-order valence-electron chi connectivity index (χ2n) is 6.60. The van der Waals surface area contributed by atoms with E-state index in [2.05, 4.69) is 99.8 Å². The van der Waals surface area contributed by atoms with E-state index in [4.69, 9.17) is 10.2 Å². The van der Waals surface area contributed by atoms with Gasteiger partial charge in [-0.05, 0) is 0 Å². The van der Waals surface area contributed by atoms with Crippen LogP contribution in [0.5, 0.6) is 0 Å². The Kier molecular flexibility index (Phi) is 19.9. The van der Waals surface area contributed by atoms with Crippen LogP contribution >= 0.6 is 0 Å². The van der Waals surface area contributed by atoms with Crippen LogP contribution in [0.1, 0.15) is 55.4 Å². The molecule has 2 aliphatic carbocycles. The molecule has 2 atom stereocenters. The molecule has 0 amide bonds. The van der Waals surface area contributed by atoms with Crippen molar-refractivity contribution in [2.75, 3.05) is 14.2 Å². The van der Waals surface area contributed by atoms with Gasteiger partial charge < -0.3 is 10.2 Å². The van der Waals surface area contributed by atoms with Crippen molar-refractivity contribution >= 4 is 6.19 Å². The zero-order chi connectivity index (χ0) is 21.6. The molecule has 26 heavy (non-hydrogen) atoms. The first kappa shape index (κ1) is 30.5. The molecule has 0 saturated carbocycles. The molecule has 0 aromatic rings. The average Bonchev–Trinajstić information content (AvgIpc) is 2.95. The fraction of sp³-hybridized carbons (Fsp3) is 0.636. The molecular formula is C22H38O2SiTi-2. The molecule has 148 valence electrons. The Balaban J connectivity index is -0.000000294.